The van der Waals surface area contributed by atoms with Crippen molar-refractivity contribution in [2.45, 2.75) is 20.3 Å². The Kier molecular flexibility index (Phi) is 2.94. The average molecular weight is 272 g/mol. The molecular formula is C13H12N4O3. The third kappa shape index (κ3) is 2.37. The standard InChI is InChI=1S/C13H12N4O3/c1-7-3-9(17-19-7)5-12(18)15-10-4-11-8(2)16-20-13(11)14-6-10/h3-4,6H,5H2,1-2H3,(H,15,18). The van der Waals surface area contributed by atoms with E-state index in [9.17, 15) is 4.79 Å². The minimum atomic E-state index is -0.187. The highest BCUT2D eigenvalue weighted by molar-refractivity contribution is 5.93. The number of carbonyl (C=O) groups excluding carboxylic acids is 1. The second kappa shape index (κ2) is 4.76. The number of hydrogen-bond donors (Lipinski definition) is 1. The Morgan fingerprint density at radius 2 is 2.10 bits per heavy atom. The van der Waals surface area contributed by atoms with E-state index in [1.54, 1.807) is 19.1 Å². The van der Waals surface area contributed by atoms with E-state index in [0.29, 0.717) is 22.9 Å². The molecule has 3 heterocycles. The number of aromatic nitrogens is 3. The predicted molar refractivity (Wildman–Crippen MR) is 70.1 cm³/mol. The molecule has 1 N–H and O–H groups in total. The molecule has 102 valence electrons. The molecule has 0 saturated heterocycles. The third-order valence-electron chi connectivity index (χ3n) is 2.81. The van der Waals surface area contributed by atoms with Crippen molar-refractivity contribution >= 4 is 22.7 Å². The first-order valence-electron chi connectivity index (χ1n) is 6.06. The molecule has 0 bridgehead atoms. The topological polar surface area (TPSA) is 94.1 Å². The van der Waals surface area contributed by atoms with Gasteiger partial charge in [0.25, 0.3) is 5.71 Å². The molecule has 0 saturated carbocycles. The Morgan fingerprint density at radius 3 is 2.85 bits per heavy atom. The number of nitrogens with one attached hydrogen (secondary N) is 1. The SMILES string of the molecule is Cc1cc(CC(=O)Nc2cnc3onc(C)c3c2)no1. The van der Waals surface area contributed by atoms with Gasteiger partial charge in [0.2, 0.25) is 5.91 Å². The van der Waals surface area contributed by atoms with Gasteiger partial charge in [0.05, 0.1) is 35.1 Å². The number of nitrogens with zero attached hydrogens (tertiary/aromatic N) is 3. The number of aryl methyl sites for hydroxylation is 2. The van der Waals surface area contributed by atoms with Crippen molar-refractivity contribution in [1.82, 2.24) is 15.3 Å². The summed E-state index contributed by atoms with van der Waals surface area (Å²) in [5, 5.41) is 11.1. The fourth-order valence-electron chi connectivity index (χ4n) is 1.88. The molecule has 1 amide bonds. The van der Waals surface area contributed by atoms with Crippen molar-refractivity contribution in [3.8, 4) is 0 Å². The molecule has 0 aromatic carbocycles. The summed E-state index contributed by atoms with van der Waals surface area (Å²) in [6.45, 7) is 3.60. The minimum Gasteiger partial charge on any atom is -0.361 e. The van der Waals surface area contributed by atoms with E-state index in [1.807, 2.05) is 6.92 Å². The van der Waals surface area contributed by atoms with Crippen molar-refractivity contribution in [3.63, 3.8) is 0 Å². The van der Waals surface area contributed by atoms with E-state index in [2.05, 4.69) is 20.6 Å². The summed E-state index contributed by atoms with van der Waals surface area (Å²) < 4.78 is 9.93. The number of hydrogen-bond acceptors (Lipinski definition) is 6. The normalized spacial score (nSPS) is 10.9. The van der Waals surface area contributed by atoms with Crippen LogP contribution in [0, 0.1) is 13.8 Å². The van der Waals surface area contributed by atoms with Crippen LogP contribution in [0.2, 0.25) is 0 Å². The van der Waals surface area contributed by atoms with Crippen LogP contribution >= 0.6 is 0 Å². The first-order valence-corrected chi connectivity index (χ1v) is 6.06. The quantitative estimate of drug-likeness (QED) is 0.783. The Labute approximate surface area is 113 Å². The smallest absolute Gasteiger partial charge is 0.258 e. The largest absolute Gasteiger partial charge is 0.361 e. The molecule has 0 aliphatic rings. The van der Waals surface area contributed by atoms with Crippen molar-refractivity contribution in [1.29, 1.82) is 0 Å². The van der Waals surface area contributed by atoms with Gasteiger partial charge < -0.3 is 14.4 Å². The highest BCUT2D eigenvalue weighted by Crippen LogP contribution is 2.19. The number of rotatable bonds is 3. The van der Waals surface area contributed by atoms with Crippen LogP contribution in [-0.4, -0.2) is 21.2 Å². The van der Waals surface area contributed by atoms with Crippen LogP contribution in [0.4, 0.5) is 5.69 Å². The first kappa shape index (κ1) is 12.3. The average Bonchev–Trinajstić information content (AvgIpc) is 2.97. The van der Waals surface area contributed by atoms with E-state index in [0.717, 1.165) is 11.1 Å². The molecule has 3 rings (SSSR count). The maximum absolute atomic E-state index is 11.9. The van der Waals surface area contributed by atoms with E-state index in [1.165, 1.54) is 6.20 Å². The second-order valence-electron chi connectivity index (χ2n) is 4.50. The number of fused-ring (bicyclic) bond motifs is 1. The van der Waals surface area contributed by atoms with Crippen LogP contribution in [0.25, 0.3) is 11.1 Å². The van der Waals surface area contributed by atoms with Crippen molar-refractivity contribution in [2.75, 3.05) is 5.32 Å². The summed E-state index contributed by atoms with van der Waals surface area (Å²) in [5.41, 5.74) is 2.37. The maximum Gasteiger partial charge on any atom is 0.258 e. The maximum atomic E-state index is 11.9. The molecule has 0 unspecified atom stereocenters. The molecule has 3 aromatic heterocycles. The van der Waals surface area contributed by atoms with Crippen LogP contribution in [0.5, 0.6) is 0 Å². The van der Waals surface area contributed by atoms with Gasteiger partial charge in [-0.25, -0.2) is 4.98 Å². The summed E-state index contributed by atoms with van der Waals surface area (Å²) >= 11 is 0. The van der Waals surface area contributed by atoms with Crippen molar-refractivity contribution in [3.05, 3.63) is 35.5 Å². The minimum absolute atomic E-state index is 0.151. The van der Waals surface area contributed by atoms with Gasteiger partial charge in [-0.15, -0.1) is 0 Å². The van der Waals surface area contributed by atoms with Gasteiger partial charge in [-0.05, 0) is 19.9 Å². The number of pyridine rings is 1. The Bertz CT molecular complexity index is 775. The summed E-state index contributed by atoms with van der Waals surface area (Å²) in [6.07, 6.45) is 1.68. The number of amides is 1. The van der Waals surface area contributed by atoms with Crippen LogP contribution in [0.3, 0.4) is 0 Å². The lowest BCUT2D eigenvalue weighted by molar-refractivity contribution is -0.115. The Hall–Kier alpha value is -2.70. The van der Waals surface area contributed by atoms with Gasteiger partial charge in [0, 0.05) is 6.07 Å². The molecule has 0 radical (unpaired) electrons. The number of carbonyl (C=O) groups is 1. The lowest BCUT2D eigenvalue weighted by atomic mass is 10.2. The van der Waals surface area contributed by atoms with E-state index in [4.69, 9.17) is 9.05 Å². The predicted octanol–water partition coefficient (Wildman–Crippen LogP) is 2.01. The van der Waals surface area contributed by atoms with Gasteiger partial charge in [0.15, 0.2) is 0 Å². The van der Waals surface area contributed by atoms with Crippen LogP contribution in [0.1, 0.15) is 17.1 Å². The Balaban J connectivity index is 1.75. The summed E-state index contributed by atoms with van der Waals surface area (Å²) in [5.74, 6) is 0.490. The van der Waals surface area contributed by atoms with Gasteiger partial charge in [-0.1, -0.05) is 10.3 Å². The van der Waals surface area contributed by atoms with Gasteiger partial charge in [0.1, 0.15) is 5.76 Å². The summed E-state index contributed by atoms with van der Waals surface area (Å²) in [6, 6.07) is 3.51. The lowest BCUT2D eigenvalue weighted by Crippen LogP contribution is -2.14. The number of anilines is 1. The molecule has 20 heavy (non-hydrogen) atoms. The Morgan fingerprint density at radius 1 is 1.25 bits per heavy atom. The van der Waals surface area contributed by atoms with Crippen LogP contribution in [-0.2, 0) is 11.2 Å². The second-order valence-corrected chi connectivity index (χ2v) is 4.50. The molecule has 3 aromatic rings. The fourth-order valence-corrected chi connectivity index (χ4v) is 1.88. The zero-order valence-electron chi connectivity index (χ0n) is 11.0. The van der Waals surface area contributed by atoms with Crippen molar-refractivity contribution < 1.29 is 13.8 Å². The highest BCUT2D eigenvalue weighted by Gasteiger charge is 2.10. The zero-order chi connectivity index (χ0) is 14.1. The van der Waals surface area contributed by atoms with Gasteiger partial charge in [-0.2, -0.15) is 0 Å². The molecule has 0 fully saturated rings. The highest BCUT2D eigenvalue weighted by atomic mass is 16.5. The molecule has 0 aliphatic carbocycles. The van der Waals surface area contributed by atoms with Crippen LogP contribution in [0.15, 0.2) is 27.4 Å². The van der Waals surface area contributed by atoms with Crippen LogP contribution < -0.4 is 5.32 Å². The van der Waals surface area contributed by atoms with Gasteiger partial charge >= 0.3 is 0 Å². The molecule has 0 aliphatic heterocycles. The fraction of sp³-hybridized carbons (Fsp3) is 0.231. The first-order chi connectivity index (χ1) is 9.61. The molecule has 7 nitrogen and oxygen atoms in total. The van der Waals surface area contributed by atoms with Gasteiger partial charge in [-0.3, -0.25) is 4.79 Å². The van der Waals surface area contributed by atoms with Crippen molar-refractivity contribution in [2.24, 2.45) is 0 Å². The summed E-state index contributed by atoms with van der Waals surface area (Å²) in [7, 11) is 0. The molecule has 7 heteroatoms. The molecule has 0 spiro atoms. The van der Waals surface area contributed by atoms with E-state index >= 15 is 0 Å². The summed E-state index contributed by atoms with van der Waals surface area (Å²) in [4.78, 5) is 16.0. The third-order valence-corrected chi connectivity index (χ3v) is 2.81. The zero-order valence-corrected chi connectivity index (χ0v) is 11.0. The van der Waals surface area contributed by atoms with E-state index < -0.39 is 0 Å². The van der Waals surface area contributed by atoms with E-state index in [-0.39, 0.29) is 12.3 Å². The monoisotopic (exact) mass is 272 g/mol. The lowest BCUT2D eigenvalue weighted by Gasteiger charge is -2.02. The molecule has 0 atom stereocenters. The molecular weight excluding hydrogens is 260 g/mol.